The van der Waals surface area contributed by atoms with Crippen LogP contribution in [-0.2, 0) is 21.1 Å². The average Bonchev–Trinajstić information content (AvgIpc) is 2.82. The van der Waals surface area contributed by atoms with Crippen LogP contribution in [0, 0.1) is 5.82 Å². The van der Waals surface area contributed by atoms with Crippen LogP contribution in [-0.4, -0.2) is 43.3 Å². The minimum absolute atomic E-state index is 0.0209. The number of nitrogens with zero attached hydrogens (tertiary/aromatic N) is 1. The van der Waals surface area contributed by atoms with Gasteiger partial charge in [0.25, 0.3) is 0 Å². The monoisotopic (exact) mass is 327 g/mol. The van der Waals surface area contributed by atoms with Crippen LogP contribution in [0.2, 0.25) is 0 Å². The molecule has 1 saturated heterocycles. The highest BCUT2D eigenvalue weighted by Gasteiger charge is 2.34. The largest absolute Gasteiger partial charge is 0.338 e. The molecule has 1 aromatic rings. The van der Waals surface area contributed by atoms with E-state index in [2.05, 4.69) is 0 Å². The van der Waals surface area contributed by atoms with Crippen molar-refractivity contribution in [3.05, 3.63) is 35.6 Å². The van der Waals surface area contributed by atoms with Crippen molar-refractivity contribution in [2.24, 2.45) is 0 Å². The fourth-order valence-corrected chi connectivity index (χ4v) is 4.50. The minimum Gasteiger partial charge on any atom is -0.338 e. The molecular formula is C16H22FNO3S. The fraction of sp³-hybridized carbons (Fsp3) is 0.562. The zero-order valence-electron chi connectivity index (χ0n) is 12.8. The molecule has 0 aliphatic carbocycles. The van der Waals surface area contributed by atoms with E-state index in [9.17, 15) is 17.6 Å². The molecule has 0 spiro atoms. The molecule has 1 aliphatic rings. The van der Waals surface area contributed by atoms with E-state index >= 15 is 0 Å². The van der Waals surface area contributed by atoms with E-state index in [1.165, 1.54) is 6.07 Å². The Morgan fingerprint density at radius 3 is 2.68 bits per heavy atom. The first-order chi connectivity index (χ1) is 10.4. The van der Waals surface area contributed by atoms with Crippen molar-refractivity contribution >= 4 is 15.7 Å². The van der Waals surface area contributed by atoms with Gasteiger partial charge in [0.2, 0.25) is 5.91 Å². The van der Waals surface area contributed by atoms with E-state index < -0.39 is 15.7 Å². The summed E-state index contributed by atoms with van der Waals surface area (Å²) in [6, 6.07) is 5.94. The number of halogens is 1. The van der Waals surface area contributed by atoms with Gasteiger partial charge >= 0.3 is 0 Å². The van der Waals surface area contributed by atoms with Gasteiger partial charge in [-0.3, -0.25) is 4.79 Å². The SMILES string of the molecule is CCCCN(C(=O)Cc1ccccc1F)C1CCS(=O)(=O)C1. The lowest BCUT2D eigenvalue weighted by molar-refractivity contribution is -0.132. The predicted molar refractivity (Wildman–Crippen MR) is 83.8 cm³/mol. The Labute approximate surface area is 131 Å². The van der Waals surface area contributed by atoms with Crippen molar-refractivity contribution in [2.45, 2.75) is 38.6 Å². The Kier molecular flexibility index (Phi) is 5.56. The van der Waals surface area contributed by atoms with E-state index in [0.29, 0.717) is 18.5 Å². The molecule has 4 nitrogen and oxygen atoms in total. The van der Waals surface area contributed by atoms with E-state index in [-0.39, 0.29) is 29.9 Å². The number of rotatable bonds is 6. The van der Waals surface area contributed by atoms with Crippen molar-refractivity contribution < 1.29 is 17.6 Å². The summed E-state index contributed by atoms with van der Waals surface area (Å²) in [5.41, 5.74) is 0.356. The summed E-state index contributed by atoms with van der Waals surface area (Å²) in [4.78, 5) is 14.2. The maximum atomic E-state index is 13.7. The molecule has 122 valence electrons. The second kappa shape index (κ2) is 7.22. The highest BCUT2D eigenvalue weighted by molar-refractivity contribution is 7.91. The third-order valence-electron chi connectivity index (χ3n) is 4.02. The Balaban J connectivity index is 2.11. The molecule has 2 rings (SSSR count). The summed E-state index contributed by atoms with van der Waals surface area (Å²) in [5.74, 6) is -0.432. The smallest absolute Gasteiger partial charge is 0.227 e. The molecule has 0 N–H and O–H groups in total. The van der Waals surface area contributed by atoms with Gasteiger partial charge in [-0.2, -0.15) is 0 Å². The van der Waals surface area contributed by atoms with Crippen LogP contribution in [0.5, 0.6) is 0 Å². The van der Waals surface area contributed by atoms with E-state index in [4.69, 9.17) is 0 Å². The first-order valence-electron chi connectivity index (χ1n) is 7.66. The van der Waals surface area contributed by atoms with Crippen LogP contribution in [0.15, 0.2) is 24.3 Å². The summed E-state index contributed by atoms with van der Waals surface area (Å²) < 4.78 is 37.0. The topological polar surface area (TPSA) is 54.5 Å². The normalized spacial score (nSPS) is 20.0. The molecule has 1 heterocycles. The average molecular weight is 327 g/mol. The number of hydrogen-bond acceptors (Lipinski definition) is 3. The molecule has 0 saturated carbocycles. The zero-order valence-corrected chi connectivity index (χ0v) is 13.6. The number of amides is 1. The molecule has 1 unspecified atom stereocenters. The summed E-state index contributed by atoms with van der Waals surface area (Å²) in [5, 5.41) is 0. The molecule has 0 bridgehead atoms. The van der Waals surface area contributed by atoms with Crippen molar-refractivity contribution in [1.82, 2.24) is 4.90 Å². The van der Waals surface area contributed by atoms with Crippen LogP contribution in [0.1, 0.15) is 31.7 Å². The second-order valence-corrected chi connectivity index (χ2v) is 7.99. The Morgan fingerprint density at radius 1 is 1.36 bits per heavy atom. The summed E-state index contributed by atoms with van der Waals surface area (Å²) in [7, 11) is -3.05. The molecule has 1 aromatic carbocycles. The highest BCUT2D eigenvalue weighted by atomic mass is 32.2. The standard InChI is InChI=1S/C16H22FNO3S/c1-2-3-9-18(14-8-10-22(20,21)12-14)16(19)11-13-6-4-5-7-15(13)17/h4-7,14H,2-3,8-12H2,1H3. The molecule has 1 fully saturated rings. The minimum atomic E-state index is -3.05. The summed E-state index contributed by atoms with van der Waals surface area (Å²) in [6.45, 7) is 2.55. The van der Waals surface area contributed by atoms with E-state index in [0.717, 1.165) is 12.8 Å². The Bertz CT molecular complexity index is 630. The van der Waals surface area contributed by atoms with Gasteiger partial charge in [0, 0.05) is 12.6 Å². The Hall–Kier alpha value is -1.43. The van der Waals surface area contributed by atoms with E-state index in [1.54, 1.807) is 23.1 Å². The molecule has 1 atom stereocenters. The van der Waals surface area contributed by atoms with Gasteiger partial charge in [0.15, 0.2) is 9.84 Å². The molecule has 0 radical (unpaired) electrons. The maximum absolute atomic E-state index is 13.7. The molecular weight excluding hydrogens is 305 g/mol. The number of sulfone groups is 1. The second-order valence-electron chi connectivity index (χ2n) is 5.77. The quantitative estimate of drug-likeness (QED) is 0.805. The number of hydrogen-bond donors (Lipinski definition) is 0. The first-order valence-corrected chi connectivity index (χ1v) is 9.48. The zero-order chi connectivity index (χ0) is 16.2. The lowest BCUT2D eigenvalue weighted by Gasteiger charge is -2.28. The van der Waals surface area contributed by atoms with Crippen LogP contribution < -0.4 is 0 Å². The van der Waals surface area contributed by atoms with Gasteiger partial charge in [-0.05, 0) is 24.5 Å². The highest BCUT2D eigenvalue weighted by Crippen LogP contribution is 2.20. The predicted octanol–water partition coefficient (Wildman–Crippen LogP) is 2.18. The van der Waals surface area contributed by atoms with Gasteiger partial charge in [-0.15, -0.1) is 0 Å². The third kappa shape index (κ3) is 4.29. The maximum Gasteiger partial charge on any atom is 0.227 e. The van der Waals surface area contributed by atoms with Crippen LogP contribution >= 0.6 is 0 Å². The van der Waals surface area contributed by atoms with Crippen molar-refractivity contribution in [2.75, 3.05) is 18.1 Å². The van der Waals surface area contributed by atoms with Crippen molar-refractivity contribution in [1.29, 1.82) is 0 Å². The third-order valence-corrected chi connectivity index (χ3v) is 5.77. The number of carbonyl (C=O) groups is 1. The summed E-state index contributed by atoms with van der Waals surface area (Å²) >= 11 is 0. The molecule has 0 aromatic heterocycles. The van der Waals surface area contributed by atoms with E-state index in [1.807, 2.05) is 6.92 Å². The number of carbonyl (C=O) groups excluding carboxylic acids is 1. The van der Waals surface area contributed by atoms with Gasteiger partial charge < -0.3 is 4.90 Å². The van der Waals surface area contributed by atoms with Gasteiger partial charge in [0.1, 0.15) is 5.82 Å². The molecule has 1 aliphatic heterocycles. The van der Waals surface area contributed by atoms with Crippen molar-refractivity contribution in [3.63, 3.8) is 0 Å². The Morgan fingerprint density at radius 2 is 2.09 bits per heavy atom. The lowest BCUT2D eigenvalue weighted by atomic mass is 10.1. The van der Waals surface area contributed by atoms with Crippen LogP contribution in [0.25, 0.3) is 0 Å². The van der Waals surface area contributed by atoms with Gasteiger partial charge in [0.05, 0.1) is 17.9 Å². The van der Waals surface area contributed by atoms with Gasteiger partial charge in [-0.25, -0.2) is 12.8 Å². The number of benzene rings is 1. The fourth-order valence-electron chi connectivity index (χ4n) is 2.77. The molecule has 6 heteroatoms. The molecule has 22 heavy (non-hydrogen) atoms. The van der Waals surface area contributed by atoms with Crippen molar-refractivity contribution in [3.8, 4) is 0 Å². The first kappa shape index (κ1) is 16.9. The lowest BCUT2D eigenvalue weighted by Crippen LogP contribution is -2.42. The van der Waals surface area contributed by atoms with Crippen LogP contribution in [0.4, 0.5) is 4.39 Å². The molecule has 1 amide bonds. The van der Waals surface area contributed by atoms with Crippen LogP contribution in [0.3, 0.4) is 0 Å². The van der Waals surface area contributed by atoms with Gasteiger partial charge in [-0.1, -0.05) is 31.5 Å². The summed E-state index contributed by atoms with van der Waals surface area (Å²) in [6.07, 6.45) is 2.20. The number of unbranched alkanes of at least 4 members (excludes halogenated alkanes) is 1.